The largest absolute Gasteiger partial charge is 0.365 e. The summed E-state index contributed by atoms with van der Waals surface area (Å²) in [4.78, 5) is 31.4. The number of nitrogens with one attached hydrogen (secondary N) is 1. The van der Waals surface area contributed by atoms with Crippen LogP contribution in [-0.2, 0) is 9.63 Å². The number of nitrogens with zero attached hydrogens (tertiary/aromatic N) is 1. The molecule has 6 heteroatoms. The molecule has 5 nitrogen and oxygen atoms in total. The summed E-state index contributed by atoms with van der Waals surface area (Å²) in [5, 5.41) is 8.00. The fourth-order valence-corrected chi connectivity index (χ4v) is 5.68. The average Bonchev–Trinajstić information content (AvgIpc) is 3.02. The van der Waals surface area contributed by atoms with Gasteiger partial charge in [0.2, 0.25) is 5.91 Å². The van der Waals surface area contributed by atoms with E-state index in [0.29, 0.717) is 17.0 Å². The van der Waals surface area contributed by atoms with Crippen LogP contribution in [0.15, 0.2) is 47.6 Å². The Kier molecular flexibility index (Phi) is 5.44. The third kappa shape index (κ3) is 3.43. The van der Waals surface area contributed by atoms with Gasteiger partial charge in [-0.3, -0.25) is 4.79 Å². The van der Waals surface area contributed by atoms with Crippen molar-refractivity contribution >= 4 is 34.9 Å². The molecule has 2 aliphatic rings. The Balaban J connectivity index is 1.59. The van der Waals surface area contributed by atoms with Crippen LogP contribution >= 0.6 is 11.6 Å². The zero-order chi connectivity index (χ0) is 23.3. The van der Waals surface area contributed by atoms with E-state index in [1.165, 1.54) is 0 Å². The van der Waals surface area contributed by atoms with Gasteiger partial charge in [-0.05, 0) is 79.6 Å². The molecular formula is C26H29ClN2O3. The molecule has 2 saturated carbocycles. The van der Waals surface area contributed by atoms with Crippen LogP contribution in [0, 0.1) is 30.1 Å². The van der Waals surface area contributed by atoms with Crippen molar-refractivity contribution in [2.45, 2.75) is 53.9 Å². The van der Waals surface area contributed by atoms with Crippen molar-refractivity contribution in [3.05, 3.63) is 64.2 Å². The van der Waals surface area contributed by atoms with E-state index in [-0.39, 0.29) is 16.7 Å². The van der Waals surface area contributed by atoms with E-state index in [1.54, 1.807) is 24.3 Å². The highest BCUT2D eigenvalue weighted by Gasteiger charge is 2.71. The number of amides is 1. The number of hydrogen-bond donors (Lipinski definition) is 1. The molecule has 2 aromatic rings. The molecule has 2 aliphatic carbocycles. The van der Waals surface area contributed by atoms with Crippen molar-refractivity contribution in [1.29, 1.82) is 0 Å². The molecule has 4 rings (SSSR count). The Morgan fingerprint density at radius 3 is 2.25 bits per heavy atom. The zero-order valence-electron chi connectivity index (χ0n) is 19.2. The van der Waals surface area contributed by atoms with Gasteiger partial charge in [0.25, 0.3) is 0 Å². The normalized spacial score (nSPS) is 26.9. The van der Waals surface area contributed by atoms with Gasteiger partial charge in [-0.25, -0.2) is 4.79 Å². The van der Waals surface area contributed by atoms with Crippen molar-refractivity contribution in [2.24, 2.45) is 21.4 Å². The van der Waals surface area contributed by atoms with Crippen molar-refractivity contribution in [2.75, 3.05) is 5.32 Å². The second kappa shape index (κ2) is 7.73. The monoisotopic (exact) mass is 452 g/mol. The minimum absolute atomic E-state index is 0.00505. The molecule has 0 radical (unpaired) electrons. The van der Waals surface area contributed by atoms with E-state index in [1.807, 2.05) is 26.0 Å². The lowest BCUT2D eigenvalue weighted by atomic mass is 9.64. The van der Waals surface area contributed by atoms with Gasteiger partial charge in [-0.15, -0.1) is 0 Å². The SMILES string of the molecule is Cc1cc(C)cc(NC(=O)C23CCC(C)(/C(=N\OC(=O)c4ccc(Cl)cc4)C2)C3(C)C)c1. The van der Waals surface area contributed by atoms with Crippen molar-refractivity contribution in [3.63, 3.8) is 0 Å². The Morgan fingerprint density at radius 1 is 1.00 bits per heavy atom. The van der Waals surface area contributed by atoms with Gasteiger partial charge in [0.1, 0.15) is 0 Å². The summed E-state index contributed by atoms with van der Waals surface area (Å²) in [5.41, 5.74) is 2.91. The number of carbonyl (C=O) groups excluding carboxylic acids is 2. The molecule has 2 fully saturated rings. The van der Waals surface area contributed by atoms with E-state index in [9.17, 15) is 9.59 Å². The Labute approximate surface area is 194 Å². The standard InChI is InChI=1S/C26H29ClN2O3/c1-16-12-17(2)14-20(13-16)28-23(31)26-11-10-25(5,24(26,3)4)21(15-26)29-32-22(30)18-6-8-19(27)9-7-18/h6-9,12-14H,10-11,15H2,1-5H3,(H,28,31)/b29-21-. The fourth-order valence-electron chi connectivity index (χ4n) is 5.56. The number of fused-ring (bicyclic) bond motifs is 2. The summed E-state index contributed by atoms with van der Waals surface area (Å²) in [6.45, 7) is 10.4. The van der Waals surface area contributed by atoms with Gasteiger partial charge in [-0.1, -0.05) is 43.6 Å². The van der Waals surface area contributed by atoms with Crippen molar-refractivity contribution < 1.29 is 14.4 Å². The van der Waals surface area contributed by atoms with Crippen LogP contribution in [0.25, 0.3) is 0 Å². The first kappa shape index (κ1) is 22.5. The first-order chi connectivity index (χ1) is 15.0. The lowest BCUT2D eigenvalue weighted by Crippen LogP contribution is -2.43. The molecule has 2 bridgehead atoms. The minimum Gasteiger partial charge on any atom is -0.326 e. The van der Waals surface area contributed by atoms with Crippen LogP contribution in [-0.4, -0.2) is 17.6 Å². The third-order valence-electron chi connectivity index (χ3n) is 7.97. The Bertz CT molecular complexity index is 1100. The van der Waals surface area contributed by atoms with Gasteiger partial charge in [0.15, 0.2) is 0 Å². The molecule has 1 N–H and O–H groups in total. The van der Waals surface area contributed by atoms with E-state index in [2.05, 4.69) is 37.3 Å². The summed E-state index contributed by atoms with van der Waals surface area (Å²) < 4.78 is 0. The van der Waals surface area contributed by atoms with E-state index >= 15 is 0 Å². The molecule has 0 saturated heterocycles. The number of hydrogen-bond acceptors (Lipinski definition) is 4. The van der Waals surface area contributed by atoms with Gasteiger partial charge in [0, 0.05) is 22.5 Å². The van der Waals surface area contributed by atoms with E-state index in [0.717, 1.165) is 35.4 Å². The van der Waals surface area contributed by atoms with Crippen LogP contribution in [0.4, 0.5) is 5.69 Å². The van der Waals surface area contributed by atoms with Crippen LogP contribution in [0.3, 0.4) is 0 Å². The van der Waals surface area contributed by atoms with E-state index < -0.39 is 11.4 Å². The second-order valence-corrected chi connectivity index (χ2v) is 10.4. The molecular weight excluding hydrogens is 424 g/mol. The number of rotatable bonds is 4. The molecule has 2 aromatic carbocycles. The van der Waals surface area contributed by atoms with Crippen molar-refractivity contribution in [1.82, 2.24) is 0 Å². The van der Waals surface area contributed by atoms with E-state index in [4.69, 9.17) is 16.4 Å². The smallest absolute Gasteiger partial charge is 0.326 e. The maximum atomic E-state index is 13.6. The molecule has 32 heavy (non-hydrogen) atoms. The Morgan fingerprint density at radius 2 is 1.62 bits per heavy atom. The molecule has 2 unspecified atom stereocenters. The topological polar surface area (TPSA) is 67.8 Å². The molecule has 2 atom stereocenters. The van der Waals surface area contributed by atoms with Crippen LogP contribution < -0.4 is 5.32 Å². The molecule has 1 amide bonds. The third-order valence-corrected chi connectivity index (χ3v) is 8.22. The lowest BCUT2D eigenvalue weighted by Gasteiger charge is -2.39. The van der Waals surface area contributed by atoms with Crippen LogP contribution in [0.2, 0.25) is 5.02 Å². The maximum Gasteiger partial charge on any atom is 0.365 e. The molecule has 0 aliphatic heterocycles. The fraction of sp³-hybridized carbons (Fsp3) is 0.423. The number of anilines is 1. The first-order valence-electron chi connectivity index (χ1n) is 10.9. The molecule has 0 heterocycles. The average molecular weight is 453 g/mol. The zero-order valence-corrected chi connectivity index (χ0v) is 20.0. The number of aryl methyl sites for hydroxylation is 2. The van der Waals surface area contributed by atoms with Gasteiger partial charge in [0.05, 0.1) is 16.7 Å². The highest BCUT2D eigenvalue weighted by atomic mass is 35.5. The molecule has 168 valence electrons. The predicted octanol–water partition coefficient (Wildman–Crippen LogP) is 6.32. The Hall–Kier alpha value is -2.66. The quantitative estimate of drug-likeness (QED) is 0.435. The van der Waals surface area contributed by atoms with Gasteiger partial charge < -0.3 is 10.2 Å². The summed E-state index contributed by atoms with van der Waals surface area (Å²) in [6, 6.07) is 12.5. The summed E-state index contributed by atoms with van der Waals surface area (Å²) in [6.07, 6.45) is 2.07. The predicted molar refractivity (Wildman–Crippen MR) is 127 cm³/mol. The molecule has 0 aromatic heterocycles. The van der Waals surface area contributed by atoms with Crippen LogP contribution in [0.5, 0.6) is 0 Å². The summed E-state index contributed by atoms with van der Waals surface area (Å²) >= 11 is 5.89. The van der Waals surface area contributed by atoms with Gasteiger partial charge >= 0.3 is 5.97 Å². The van der Waals surface area contributed by atoms with Gasteiger partial charge in [-0.2, -0.15) is 0 Å². The first-order valence-corrected chi connectivity index (χ1v) is 11.3. The lowest BCUT2D eigenvalue weighted by molar-refractivity contribution is -0.130. The minimum atomic E-state index is -0.606. The maximum absolute atomic E-state index is 13.6. The van der Waals surface area contributed by atoms with Crippen molar-refractivity contribution in [3.8, 4) is 0 Å². The highest BCUT2D eigenvalue weighted by molar-refractivity contribution is 6.30. The summed E-state index contributed by atoms with van der Waals surface area (Å²) in [7, 11) is 0. The number of oxime groups is 1. The number of halogens is 1. The summed E-state index contributed by atoms with van der Waals surface area (Å²) in [5.74, 6) is -0.530. The number of benzene rings is 2. The number of carbonyl (C=O) groups is 2. The highest BCUT2D eigenvalue weighted by Crippen LogP contribution is 2.71. The molecule has 0 spiro atoms. The second-order valence-electron chi connectivity index (χ2n) is 9.97. The van der Waals surface area contributed by atoms with Crippen LogP contribution in [0.1, 0.15) is 61.5 Å².